The van der Waals surface area contributed by atoms with E-state index >= 15 is 0 Å². The van der Waals surface area contributed by atoms with Crippen molar-refractivity contribution in [3.05, 3.63) is 54.1 Å². The van der Waals surface area contributed by atoms with Crippen LogP contribution in [0.25, 0.3) is 0 Å². The summed E-state index contributed by atoms with van der Waals surface area (Å²) < 4.78 is 17.0. The number of aliphatic hydroxyl groups is 1. The van der Waals surface area contributed by atoms with E-state index in [1.165, 1.54) is 5.56 Å². The Labute approximate surface area is 186 Å². The van der Waals surface area contributed by atoms with E-state index in [1.54, 1.807) is 7.11 Å². The van der Waals surface area contributed by atoms with E-state index in [9.17, 15) is 5.11 Å². The van der Waals surface area contributed by atoms with Gasteiger partial charge >= 0.3 is 0 Å². The zero-order chi connectivity index (χ0) is 22.1. The summed E-state index contributed by atoms with van der Waals surface area (Å²) in [6.45, 7) is 9.84. The van der Waals surface area contributed by atoms with Crippen molar-refractivity contribution in [1.82, 2.24) is 4.90 Å². The lowest BCUT2D eigenvalue weighted by atomic mass is 10.0. The van der Waals surface area contributed by atoms with E-state index < -0.39 is 6.10 Å². The van der Waals surface area contributed by atoms with Gasteiger partial charge < -0.3 is 24.2 Å². The Bertz CT molecular complexity index is 791. The summed E-state index contributed by atoms with van der Waals surface area (Å²) >= 11 is 0. The summed E-state index contributed by atoms with van der Waals surface area (Å²) in [7, 11) is 1.71. The van der Waals surface area contributed by atoms with Gasteiger partial charge in [0.15, 0.2) is 0 Å². The number of rotatable bonds is 11. The number of nitrogens with zero attached hydrogens (tertiary/aromatic N) is 2. The summed E-state index contributed by atoms with van der Waals surface area (Å²) in [6.07, 6.45) is -0.499. The molecule has 0 aliphatic carbocycles. The van der Waals surface area contributed by atoms with Crippen LogP contribution in [0.2, 0.25) is 0 Å². The lowest BCUT2D eigenvalue weighted by Gasteiger charge is -2.37. The molecule has 3 rings (SSSR count). The molecule has 6 heteroatoms. The van der Waals surface area contributed by atoms with Gasteiger partial charge in [-0.25, -0.2) is 0 Å². The summed E-state index contributed by atoms with van der Waals surface area (Å²) in [4.78, 5) is 4.62. The molecule has 1 N–H and O–H groups in total. The fourth-order valence-electron chi connectivity index (χ4n) is 3.93. The van der Waals surface area contributed by atoms with Crippen molar-refractivity contribution in [1.29, 1.82) is 0 Å². The third-order valence-electron chi connectivity index (χ3n) is 5.60. The molecule has 0 amide bonds. The molecule has 6 nitrogen and oxygen atoms in total. The first-order valence-corrected chi connectivity index (χ1v) is 11.2. The van der Waals surface area contributed by atoms with Crippen LogP contribution in [0.1, 0.15) is 25.3 Å². The molecule has 31 heavy (non-hydrogen) atoms. The van der Waals surface area contributed by atoms with Gasteiger partial charge in [0, 0.05) is 32.7 Å². The molecule has 2 aromatic carbocycles. The van der Waals surface area contributed by atoms with Gasteiger partial charge in [-0.05, 0) is 29.7 Å². The Balaban J connectivity index is 1.33. The van der Waals surface area contributed by atoms with Crippen LogP contribution in [-0.4, -0.2) is 75.8 Å². The molecule has 0 saturated carbocycles. The first kappa shape index (κ1) is 23.4. The lowest BCUT2D eigenvalue weighted by molar-refractivity contribution is 0.00708. The molecule has 0 unspecified atom stereocenters. The molecule has 0 bridgehead atoms. The normalized spacial score (nSPS) is 15.8. The van der Waals surface area contributed by atoms with Crippen molar-refractivity contribution < 1.29 is 19.3 Å². The molecule has 0 aromatic heterocycles. The Morgan fingerprint density at radius 2 is 1.58 bits per heavy atom. The molecule has 170 valence electrons. The Kier molecular flexibility index (Phi) is 9.00. The highest BCUT2D eigenvalue weighted by Crippen LogP contribution is 2.28. The highest BCUT2D eigenvalue weighted by atomic mass is 16.5. The molecule has 1 fully saturated rings. The fourth-order valence-corrected chi connectivity index (χ4v) is 3.93. The van der Waals surface area contributed by atoms with E-state index in [2.05, 4.69) is 35.8 Å². The zero-order valence-corrected chi connectivity index (χ0v) is 19.0. The number of ether oxygens (including phenoxy) is 3. The van der Waals surface area contributed by atoms with E-state index in [4.69, 9.17) is 14.2 Å². The van der Waals surface area contributed by atoms with E-state index in [0.29, 0.717) is 32.3 Å². The number of methoxy groups -OCH3 is 1. The van der Waals surface area contributed by atoms with Crippen LogP contribution in [0.4, 0.5) is 5.69 Å². The van der Waals surface area contributed by atoms with Gasteiger partial charge in [0.05, 0.1) is 32.1 Å². The van der Waals surface area contributed by atoms with Gasteiger partial charge in [-0.3, -0.25) is 4.90 Å². The fraction of sp³-hybridized carbons (Fsp3) is 0.520. The third kappa shape index (κ3) is 6.86. The molecular weight excluding hydrogens is 392 g/mol. The maximum absolute atomic E-state index is 10.4. The van der Waals surface area contributed by atoms with E-state index in [-0.39, 0.29) is 0 Å². The molecular formula is C25H36N2O4. The summed E-state index contributed by atoms with van der Waals surface area (Å²) in [5.41, 5.74) is 2.34. The molecule has 1 atom stereocenters. The van der Waals surface area contributed by atoms with Gasteiger partial charge in [-0.2, -0.15) is 0 Å². The number of hydrogen-bond donors (Lipinski definition) is 1. The molecule has 0 radical (unpaired) electrons. The summed E-state index contributed by atoms with van der Waals surface area (Å²) in [5.74, 6) is 2.24. The zero-order valence-electron chi connectivity index (χ0n) is 19.0. The van der Waals surface area contributed by atoms with Crippen LogP contribution in [0.5, 0.6) is 11.5 Å². The predicted octanol–water partition coefficient (Wildman–Crippen LogP) is 3.40. The van der Waals surface area contributed by atoms with Crippen molar-refractivity contribution in [2.45, 2.75) is 25.9 Å². The minimum atomic E-state index is -0.499. The first-order valence-electron chi connectivity index (χ1n) is 11.2. The van der Waals surface area contributed by atoms with E-state index in [1.807, 2.05) is 36.4 Å². The smallest absolute Gasteiger partial charge is 0.142 e. The molecule has 2 aromatic rings. The molecule has 1 heterocycles. The Morgan fingerprint density at radius 1 is 0.903 bits per heavy atom. The first-order chi connectivity index (χ1) is 15.1. The predicted molar refractivity (Wildman–Crippen MR) is 124 cm³/mol. The quantitative estimate of drug-likeness (QED) is 0.554. The second kappa shape index (κ2) is 11.9. The monoisotopic (exact) mass is 428 g/mol. The van der Waals surface area contributed by atoms with Crippen molar-refractivity contribution in [3.8, 4) is 11.5 Å². The lowest BCUT2D eigenvalue weighted by Crippen LogP contribution is -2.49. The SMILES string of the molecule is COc1ccccc1N1CCN(C[C@@H](O)COCCOc2ccccc2C(C)C)CC1. The highest BCUT2D eigenvalue weighted by Gasteiger charge is 2.21. The Hall–Kier alpha value is -2.28. The Morgan fingerprint density at radius 3 is 2.29 bits per heavy atom. The van der Waals surface area contributed by atoms with Gasteiger partial charge in [-0.1, -0.05) is 44.2 Å². The number of aliphatic hydroxyl groups excluding tert-OH is 1. The number of hydrogen-bond acceptors (Lipinski definition) is 6. The van der Waals surface area contributed by atoms with Gasteiger partial charge in [-0.15, -0.1) is 0 Å². The third-order valence-corrected chi connectivity index (χ3v) is 5.60. The van der Waals surface area contributed by atoms with Crippen LogP contribution in [0, 0.1) is 0 Å². The van der Waals surface area contributed by atoms with Crippen molar-refractivity contribution in [2.24, 2.45) is 0 Å². The number of β-amino-alcohol motifs (C(OH)–C–C–N with tert-alkyl or cyclic N) is 1. The number of anilines is 1. The van der Waals surface area contributed by atoms with Crippen LogP contribution < -0.4 is 14.4 Å². The van der Waals surface area contributed by atoms with Crippen LogP contribution >= 0.6 is 0 Å². The van der Waals surface area contributed by atoms with Crippen molar-refractivity contribution >= 4 is 5.69 Å². The van der Waals surface area contributed by atoms with Gasteiger partial charge in [0.25, 0.3) is 0 Å². The molecule has 1 saturated heterocycles. The molecule has 0 spiro atoms. The average molecular weight is 429 g/mol. The van der Waals surface area contributed by atoms with E-state index in [0.717, 1.165) is 43.4 Å². The van der Waals surface area contributed by atoms with Crippen LogP contribution in [0.3, 0.4) is 0 Å². The highest BCUT2D eigenvalue weighted by molar-refractivity contribution is 5.58. The average Bonchev–Trinajstić information content (AvgIpc) is 2.79. The van der Waals surface area contributed by atoms with Gasteiger partial charge in [0.1, 0.15) is 18.1 Å². The second-order valence-corrected chi connectivity index (χ2v) is 8.23. The van der Waals surface area contributed by atoms with Crippen LogP contribution in [0.15, 0.2) is 48.5 Å². The number of para-hydroxylation sites is 3. The second-order valence-electron chi connectivity index (χ2n) is 8.23. The van der Waals surface area contributed by atoms with Crippen molar-refractivity contribution in [2.75, 3.05) is 64.6 Å². The molecule has 1 aliphatic rings. The van der Waals surface area contributed by atoms with Gasteiger partial charge in [0.2, 0.25) is 0 Å². The topological polar surface area (TPSA) is 54.4 Å². The summed E-state index contributed by atoms with van der Waals surface area (Å²) in [6, 6.07) is 16.2. The standard InChI is InChI=1S/C25H36N2O4/c1-20(2)22-8-4-6-10-24(22)31-17-16-30-19-21(28)18-26-12-14-27(15-13-26)23-9-5-7-11-25(23)29-3/h4-11,20-21,28H,12-19H2,1-3H3/t21-/m1/s1. The number of benzene rings is 2. The minimum absolute atomic E-state index is 0.321. The summed E-state index contributed by atoms with van der Waals surface area (Å²) in [5, 5.41) is 10.4. The van der Waals surface area contributed by atoms with Crippen molar-refractivity contribution in [3.63, 3.8) is 0 Å². The minimum Gasteiger partial charge on any atom is -0.495 e. The number of piperazine rings is 1. The van der Waals surface area contributed by atoms with Crippen LogP contribution in [-0.2, 0) is 4.74 Å². The maximum atomic E-state index is 10.4. The largest absolute Gasteiger partial charge is 0.495 e. The molecule has 1 aliphatic heterocycles. The maximum Gasteiger partial charge on any atom is 0.142 e.